The van der Waals surface area contributed by atoms with Crippen molar-refractivity contribution < 1.29 is 28.2 Å². The van der Waals surface area contributed by atoms with Crippen LogP contribution >= 0.6 is 0 Å². The number of carbonyl (C=O) groups excluding carboxylic acids is 2. The Hall–Kier alpha value is -4.11. The molecule has 0 bridgehead atoms. The minimum atomic E-state index is -0.533. The average molecular weight is 546 g/mol. The molecule has 0 aliphatic carbocycles. The van der Waals surface area contributed by atoms with E-state index < -0.39 is 12.0 Å². The molecule has 8 nitrogen and oxygen atoms in total. The number of fused-ring (bicyclic) bond motifs is 1. The first-order valence-corrected chi connectivity index (χ1v) is 13.6. The number of rotatable bonds is 6. The van der Waals surface area contributed by atoms with Gasteiger partial charge in [0.05, 0.1) is 19.1 Å². The van der Waals surface area contributed by atoms with E-state index in [0.717, 1.165) is 42.3 Å². The van der Waals surface area contributed by atoms with Gasteiger partial charge in [0.25, 0.3) is 0 Å². The summed E-state index contributed by atoms with van der Waals surface area (Å²) in [5.41, 5.74) is 2.57. The fourth-order valence-electron chi connectivity index (χ4n) is 5.90. The summed E-state index contributed by atoms with van der Waals surface area (Å²) in [7, 11) is 1.59. The van der Waals surface area contributed by atoms with Crippen LogP contribution in [0, 0.1) is 11.7 Å². The first-order chi connectivity index (χ1) is 19.5. The molecule has 3 aliphatic heterocycles. The van der Waals surface area contributed by atoms with E-state index in [1.165, 1.54) is 12.1 Å². The van der Waals surface area contributed by atoms with Crippen LogP contribution in [0.2, 0.25) is 0 Å². The summed E-state index contributed by atoms with van der Waals surface area (Å²) in [6, 6.07) is 18.9. The summed E-state index contributed by atoms with van der Waals surface area (Å²) in [5.74, 6) is 1.39. The maximum Gasteiger partial charge on any atom is 0.231 e. The summed E-state index contributed by atoms with van der Waals surface area (Å²) in [6.45, 7) is 3.71. The second kappa shape index (κ2) is 11.2. The van der Waals surface area contributed by atoms with E-state index in [9.17, 15) is 14.0 Å². The molecule has 0 spiro atoms. The minimum Gasteiger partial charge on any atom is -0.497 e. The van der Waals surface area contributed by atoms with Gasteiger partial charge in [0.2, 0.25) is 18.6 Å². The van der Waals surface area contributed by atoms with Gasteiger partial charge in [-0.25, -0.2) is 4.39 Å². The Kier molecular flexibility index (Phi) is 7.30. The average Bonchev–Trinajstić information content (AvgIpc) is 3.46. The number of piperazine rings is 1. The fourth-order valence-corrected chi connectivity index (χ4v) is 5.90. The molecule has 6 rings (SSSR count). The third-order valence-electron chi connectivity index (χ3n) is 8.00. The zero-order valence-corrected chi connectivity index (χ0v) is 22.4. The molecule has 2 atom stereocenters. The van der Waals surface area contributed by atoms with Gasteiger partial charge >= 0.3 is 0 Å². The summed E-state index contributed by atoms with van der Waals surface area (Å²) < 4.78 is 30.1. The molecule has 3 heterocycles. The maximum absolute atomic E-state index is 14.0. The van der Waals surface area contributed by atoms with E-state index in [4.69, 9.17) is 14.2 Å². The number of piperidine rings is 1. The number of methoxy groups -OCH3 is 1. The molecule has 9 heteroatoms. The Morgan fingerprint density at radius 2 is 1.68 bits per heavy atom. The molecule has 2 fully saturated rings. The highest BCUT2D eigenvalue weighted by Crippen LogP contribution is 2.41. The van der Waals surface area contributed by atoms with Gasteiger partial charge in [-0.05, 0) is 66.1 Å². The first-order valence-electron chi connectivity index (χ1n) is 13.6. The molecule has 2 amide bonds. The van der Waals surface area contributed by atoms with E-state index in [1.54, 1.807) is 36.3 Å². The summed E-state index contributed by atoms with van der Waals surface area (Å²) in [4.78, 5) is 33.3. The molecule has 208 valence electrons. The van der Waals surface area contributed by atoms with Gasteiger partial charge in [-0.15, -0.1) is 0 Å². The largest absolute Gasteiger partial charge is 0.497 e. The number of benzene rings is 3. The topological polar surface area (TPSA) is 71.6 Å². The number of halogens is 1. The Morgan fingerprint density at radius 3 is 2.40 bits per heavy atom. The van der Waals surface area contributed by atoms with Crippen molar-refractivity contribution in [1.29, 1.82) is 0 Å². The van der Waals surface area contributed by atoms with E-state index in [0.29, 0.717) is 30.9 Å². The normalized spacial score (nSPS) is 21.0. The molecule has 2 saturated heterocycles. The molecule has 0 aromatic heterocycles. The highest BCUT2D eigenvalue weighted by Gasteiger charge is 2.43. The molecule has 0 radical (unpaired) electrons. The van der Waals surface area contributed by atoms with Gasteiger partial charge in [0.1, 0.15) is 11.6 Å². The van der Waals surface area contributed by atoms with Crippen LogP contribution in [0.3, 0.4) is 0 Å². The van der Waals surface area contributed by atoms with Crippen molar-refractivity contribution in [3.63, 3.8) is 0 Å². The number of ether oxygens (including phenoxy) is 3. The van der Waals surface area contributed by atoms with Crippen molar-refractivity contribution in [3.8, 4) is 17.2 Å². The molecule has 3 aromatic rings. The van der Waals surface area contributed by atoms with Gasteiger partial charge in [0, 0.05) is 44.8 Å². The summed E-state index contributed by atoms with van der Waals surface area (Å²) in [6.07, 6.45) is 0.716. The van der Waals surface area contributed by atoms with Crippen molar-refractivity contribution in [1.82, 2.24) is 9.80 Å². The number of hydrogen-bond acceptors (Lipinski definition) is 6. The summed E-state index contributed by atoms with van der Waals surface area (Å²) in [5, 5.41) is 0. The van der Waals surface area contributed by atoms with Crippen molar-refractivity contribution >= 4 is 17.5 Å². The highest BCUT2D eigenvalue weighted by molar-refractivity contribution is 5.97. The number of hydrogen-bond donors (Lipinski definition) is 0. The van der Waals surface area contributed by atoms with Gasteiger partial charge < -0.3 is 24.0 Å². The van der Waals surface area contributed by atoms with Crippen LogP contribution in [0.4, 0.5) is 10.1 Å². The predicted octanol–water partition coefficient (Wildman–Crippen LogP) is 4.39. The lowest BCUT2D eigenvalue weighted by atomic mass is 9.82. The molecule has 3 aromatic carbocycles. The van der Waals surface area contributed by atoms with Crippen molar-refractivity contribution in [2.24, 2.45) is 5.92 Å². The van der Waals surface area contributed by atoms with Crippen LogP contribution < -0.4 is 19.1 Å². The van der Waals surface area contributed by atoms with E-state index in [-0.39, 0.29) is 30.8 Å². The molecule has 0 N–H and O–H groups in total. The monoisotopic (exact) mass is 545 g/mol. The molecule has 3 aliphatic rings. The van der Waals surface area contributed by atoms with Gasteiger partial charge in [-0.2, -0.15) is 0 Å². The van der Waals surface area contributed by atoms with E-state index in [1.807, 2.05) is 35.2 Å². The zero-order chi connectivity index (χ0) is 27.6. The smallest absolute Gasteiger partial charge is 0.231 e. The lowest BCUT2D eigenvalue weighted by Crippen LogP contribution is -2.54. The standard InChI is InChI=1S/C31H32FN3O5/c1-38-25-9-7-24(8-10-25)35-29(36)13-11-26(30(35)22-3-5-23(32)6-4-22)31(37)34-16-14-33(15-17-34)19-21-2-12-27-28(18-21)40-20-39-27/h2-10,12,18,26,30H,11,13-17,19-20H2,1H3/t26-,30-/m1/s1. The first kappa shape index (κ1) is 26.1. The van der Waals surface area contributed by atoms with Crippen LogP contribution in [0.15, 0.2) is 66.7 Å². The molecular formula is C31H32FN3O5. The molecular weight excluding hydrogens is 513 g/mol. The summed E-state index contributed by atoms with van der Waals surface area (Å²) >= 11 is 0. The predicted molar refractivity (Wildman–Crippen MR) is 147 cm³/mol. The number of nitrogens with zero attached hydrogens (tertiary/aromatic N) is 3. The van der Waals surface area contributed by atoms with E-state index >= 15 is 0 Å². The van der Waals surface area contributed by atoms with Gasteiger partial charge in [-0.1, -0.05) is 18.2 Å². The second-order valence-electron chi connectivity index (χ2n) is 10.4. The molecule has 40 heavy (non-hydrogen) atoms. The lowest BCUT2D eigenvalue weighted by Gasteiger charge is -2.44. The van der Waals surface area contributed by atoms with Crippen LogP contribution in [0.1, 0.15) is 30.0 Å². The van der Waals surface area contributed by atoms with Crippen LogP contribution in [-0.2, 0) is 16.1 Å². The quantitative estimate of drug-likeness (QED) is 0.458. The minimum absolute atomic E-state index is 0.0306. The van der Waals surface area contributed by atoms with Gasteiger partial charge in [-0.3, -0.25) is 14.5 Å². The lowest BCUT2D eigenvalue weighted by molar-refractivity contribution is -0.140. The number of carbonyl (C=O) groups is 2. The van der Waals surface area contributed by atoms with Crippen LogP contribution in [0.25, 0.3) is 0 Å². The number of anilines is 1. The Morgan fingerprint density at radius 1 is 0.950 bits per heavy atom. The SMILES string of the molecule is COc1ccc(N2C(=O)CC[C@@H](C(=O)N3CCN(Cc4ccc5c(c4)OCO5)CC3)[C@H]2c2ccc(F)cc2)cc1. The molecule has 0 unspecified atom stereocenters. The Labute approximate surface area is 232 Å². The number of amides is 2. The third kappa shape index (κ3) is 5.21. The Bertz CT molecular complexity index is 1370. The fraction of sp³-hybridized carbons (Fsp3) is 0.355. The van der Waals surface area contributed by atoms with Crippen LogP contribution in [0.5, 0.6) is 17.2 Å². The van der Waals surface area contributed by atoms with E-state index in [2.05, 4.69) is 4.90 Å². The second-order valence-corrected chi connectivity index (χ2v) is 10.4. The third-order valence-corrected chi connectivity index (χ3v) is 8.00. The van der Waals surface area contributed by atoms with Crippen molar-refractivity contribution in [2.75, 3.05) is 45.0 Å². The van der Waals surface area contributed by atoms with Crippen LogP contribution in [-0.4, -0.2) is 61.7 Å². The zero-order valence-electron chi connectivity index (χ0n) is 22.4. The Balaban J connectivity index is 1.19. The van der Waals surface area contributed by atoms with Gasteiger partial charge in [0.15, 0.2) is 11.5 Å². The highest BCUT2D eigenvalue weighted by atomic mass is 19.1. The molecule has 0 saturated carbocycles. The maximum atomic E-state index is 14.0. The van der Waals surface area contributed by atoms with Crippen molar-refractivity contribution in [2.45, 2.75) is 25.4 Å². The van der Waals surface area contributed by atoms with Crippen molar-refractivity contribution in [3.05, 3.63) is 83.7 Å².